The molecule has 0 spiro atoms. The zero-order valence-corrected chi connectivity index (χ0v) is 12.0. The molecule has 1 saturated carbocycles. The molecule has 0 radical (unpaired) electrons. The van der Waals surface area contributed by atoms with Crippen molar-refractivity contribution in [1.82, 2.24) is 10.3 Å². The number of aliphatic hydroxyl groups is 1. The van der Waals surface area contributed by atoms with E-state index in [1.807, 2.05) is 5.51 Å². The molecule has 1 aliphatic rings. The van der Waals surface area contributed by atoms with Crippen molar-refractivity contribution in [3.8, 4) is 0 Å². The van der Waals surface area contributed by atoms with Gasteiger partial charge >= 0.3 is 0 Å². The minimum absolute atomic E-state index is 0.288. The van der Waals surface area contributed by atoms with E-state index in [-0.39, 0.29) is 6.61 Å². The van der Waals surface area contributed by atoms with Crippen LogP contribution in [-0.2, 0) is 6.54 Å². The third kappa shape index (κ3) is 3.77. The quantitative estimate of drug-likeness (QED) is 0.834. The van der Waals surface area contributed by atoms with E-state index in [4.69, 9.17) is 0 Å². The van der Waals surface area contributed by atoms with Gasteiger partial charge in [-0.25, -0.2) is 4.98 Å². The molecule has 1 fully saturated rings. The fourth-order valence-electron chi connectivity index (χ4n) is 2.90. The molecule has 2 N–H and O–H groups in total. The summed E-state index contributed by atoms with van der Waals surface area (Å²) in [5, 5.41) is 12.9. The summed E-state index contributed by atoms with van der Waals surface area (Å²) in [6.07, 6.45) is 7.61. The fraction of sp³-hybridized carbons (Fsp3) is 0.786. The van der Waals surface area contributed by atoms with Crippen molar-refractivity contribution in [3.05, 3.63) is 16.1 Å². The van der Waals surface area contributed by atoms with Gasteiger partial charge < -0.3 is 10.4 Å². The average molecular weight is 268 g/mol. The number of nitrogens with one attached hydrogen (secondary N) is 1. The number of nitrogens with zero attached hydrogens (tertiary/aromatic N) is 1. The molecule has 0 aromatic carbocycles. The Labute approximate surface area is 114 Å². The van der Waals surface area contributed by atoms with Gasteiger partial charge in [0.2, 0.25) is 0 Å². The first-order valence-corrected chi connectivity index (χ1v) is 7.92. The largest absolute Gasteiger partial charge is 0.396 e. The fourth-order valence-corrected chi connectivity index (χ4v) is 3.63. The van der Waals surface area contributed by atoms with Gasteiger partial charge in [-0.15, -0.1) is 11.3 Å². The number of rotatable bonds is 6. The van der Waals surface area contributed by atoms with E-state index < -0.39 is 0 Å². The van der Waals surface area contributed by atoms with E-state index in [0.717, 1.165) is 24.6 Å². The summed E-state index contributed by atoms with van der Waals surface area (Å²) in [6.45, 7) is 3.25. The molecule has 3 nitrogen and oxygen atoms in total. The van der Waals surface area contributed by atoms with Gasteiger partial charge in [-0.1, -0.05) is 19.3 Å². The molecule has 0 saturated heterocycles. The molecule has 4 heteroatoms. The van der Waals surface area contributed by atoms with E-state index >= 15 is 0 Å². The Morgan fingerprint density at radius 3 is 2.83 bits per heavy atom. The summed E-state index contributed by atoms with van der Waals surface area (Å²) in [6, 6.07) is 0.469. The van der Waals surface area contributed by atoms with E-state index in [2.05, 4.69) is 17.2 Å². The molecule has 2 rings (SSSR count). The summed E-state index contributed by atoms with van der Waals surface area (Å²) >= 11 is 1.72. The first-order valence-electron chi connectivity index (χ1n) is 7.04. The molecule has 18 heavy (non-hydrogen) atoms. The summed E-state index contributed by atoms with van der Waals surface area (Å²) in [7, 11) is 0. The maximum Gasteiger partial charge on any atom is 0.0798 e. The van der Waals surface area contributed by atoms with Crippen LogP contribution in [0.2, 0.25) is 0 Å². The van der Waals surface area contributed by atoms with Crippen LogP contribution in [0, 0.1) is 12.8 Å². The number of aryl methyl sites for hydroxylation is 1. The van der Waals surface area contributed by atoms with Crippen molar-refractivity contribution in [1.29, 1.82) is 0 Å². The second kappa shape index (κ2) is 7.22. The zero-order valence-electron chi connectivity index (χ0n) is 11.2. The monoisotopic (exact) mass is 268 g/mol. The van der Waals surface area contributed by atoms with Gasteiger partial charge in [0.05, 0.1) is 11.2 Å². The van der Waals surface area contributed by atoms with Crippen molar-refractivity contribution in [2.45, 2.75) is 58.0 Å². The highest BCUT2D eigenvalue weighted by atomic mass is 32.1. The Morgan fingerprint density at radius 1 is 1.44 bits per heavy atom. The number of hydrogen-bond donors (Lipinski definition) is 2. The average Bonchev–Trinajstić information content (AvgIpc) is 2.81. The van der Waals surface area contributed by atoms with Gasteiger partial charge in [0.1, 0.15) is 0 Å². The normalized spacial score (nSPS) is 19.0. The lowest BCUT2D eigenvalue weighted by Crippen LogP contribution is -2.37. The Morgan fingerprint density at radius 2 is 2.22 bits per heavy atom. The molecule has 1 aliphatic carbocycles. The number of hydrogen-bond acceptors (Lipinski definition) is 4. The zero-order chi connectivity index (χ0) is 12.8. The van der Waals surface area contributed by atoms with Crippen molar-refractivity contribution >= 4 is 11.3 Å². The van der Waals surface area contributed by atoms with Crippen LogP contribution < -0.4 is 5.32 Å². The molecule has 1 aromatic rings. The highest BCUT2D eigenvalue weighted by molar-refractivity contribution is 7.09. The highest BCUT2D eigenvalue weighted by Crippen LogP contribution is 2.28. The topological polar surface area (TPSA) is 45.2 Å². The van der Waals surface area contributed by atoms with Crippen molar-refractivity contribution in [2.75, 3.05) is 6.61 Å². The maximum absolute atomic E-state index is 9.23. The predicted molar refractivity (Wildman–Crippen MR) is 75.8 cm³/mol. The second-order valence-electron chi connectivity index (χ2n) is 5.26. The van der Waals surface area contributed by atoms with Gasteiger partial charge in [-0.2, -0.15) is 0 Å². The number of aromatic nitrogens is 1. The van der Waals surface area contributed by atoms with Crippen LogP contribution >= 0.6 is 11.3 Å². The van der Waals surface area contributed by atoms with E-state index in [1.54, 1.807) is 11.3 Å². The van der Waals surface area contributed by atoms with Crippen LogP contribution in [0.1, 0.15) is 49.1 Å². The minimum Gasteiger partial charge on any atom is -0.396 e. The Kier molecular flexibility index (Phi) is 5.60. The Hall–Kier alpha value is -0.450. The van der Waals surface area contributed by atoms with E-state index in [1.165, 1.54) is 37.0 Å². The van der Waals surface area contributed by atoms with Crippen molar-refractivity contribution in [2.24, 2.45) is 5.92 Å². The van der Waals surface area contributed by atoms with Crippen LogP contribution in [0.25, 0.3) is 0 Å². The SMILES string of the molecule is Cc1ncsc1CN[C@@H](CCO)C1CCCCC1. The van der Waals surface area contributed by atoms with E-state index in [0.29, 0.717) is 6.04 Å². The van der Waals surface area contributed by atoms with Gasteiger partial charge in [-0.05, 0) is 32.1 Å². The standard InChI is InChI=1S/C14H24N2OS/c1-11-14(18-10-16-11)9-15-13(7-8-17)12-5-3-2-4-6-12/h10,12-13,15,17H,2-9H2,1H3/t13-/m0/s1. The molecular formula is C14H24N2OS. The Bertz CT molecular complexity index is 347. The highest BCUT2D eigenvalue weighted by Gasteiger charge is 2.23. The van der Waals surface area contributed by atoms with Gasteiger partial charge in [0.15, 0.2) is 0 Å². The van der Waals surface area contributed by atoms with Crippen molar-refractivity contribution in [3.63, 3.8) is 0 Å². The summed E-state index contributed by atoms with van der Waals surface area (Å²) in [5.74, 6) is 0.749. The van der Waals surface area contributed by atoms with Crippen LogP contribution in [0.5, 0.6) is 0 Å². The third-order valence-electron chi connectivity index (χ3n) is 4.03. The molecule has 0 amide bonds. The lowest BCUT2D eigenvalue weighted by atomic mass is 9.83. The smallest absolute Gasteiger partial charge is 0.0798 e. The van der Waals surface area contributed by atoms with Crippen LogP contribution in [0.15, 0.2) is 5.51 Å². The molecule has 1 heterocycles. The second-order valence-corrected chi connectivity index (χ2v) is 6.20. The molecule has 0 aliphatic heterocycles. The van der Waals surface area contributed by atoms with Gasteiger partial charge in [0.25, 0.3) is 0 Å². The molecule has 0 unspecified atom stereocenters. The molecular weight excluding hydrogens is 244 g/mol. The third-order valence-corrected chi connectivity index (χ3v) is 4.96. The number of thiazole rings is 1. The van der Waals surface area contributed by atoms with Crippen LogP contribution in [0.4, 0.5) is 0 Å². The molecule has 0 bridgehead atoms. The molecule has 102 valence electrons. The molecule has 1 atom stereocenters. The van der Waals surface area contributed by atoms with Gasteiger partial charge in [0, 0.05) is 24.1 Å². The van der Waals surface area contributed by atoms with Crippen LogP contribution in [0.3, 0.4) is 0 Å². The number of aliphatic hydroxyl groups excluding tert-OH is 1. The Balaban J connectivity index is 1.87. The first-order chi connectivity index (χ1) is 8.81. The van der Waals surface area contributed by atoms with Crippen LogP contribution in [-0.4, -0.2) is 22.7 Å². The van der Waals surface area contributed by atoms with Gasteiger partial charge in [-0.3, -0.25) is 0 Å². The lowest BCUT2D eigenvalue weighted by Gasteiger charge is -2.30. The lowest BCUT2D eigenvalue weighted by molar-refractivity contribution is 0.206. The predicted octanol–water partition coefficient (Wildman–Crippen LogP) is 2.87. The summed E-state index contributed by atoms with van der Waals surface area (Å²) in [4.78, 5) is 5.61. The minimum atomic E-state index is 0.288. The van der Waals surface area contributed by atoms with E-state index in [9.17, 15) is 5.11 Å². The van der Waals surface area contributed by atoms with Crippen molar-refractivity contribution < 1.29 is 5.11 Å². The first kappa shape index (κ1) is 14.0. The summed E-state index contributed by atoms with van der Waals surface area (Å²) in [5.41, 5.74) is 3.05. The molecule has 1 aromatic heterocycles. The maximum atomic E-state index is 9.23. The summed E-state index contributed by atoms with van der Waals surface area (Å²) < 4.78 is 0.